The number of hydrogen-bond donors (Lipinski definition) is 1. The van der Waals surface area contributed by atoms with E-state index in [4.69, 9.17) is 4.74 Å². The van der Waals surface area contributed by atoms with Crippen LogP contribution >= 0.6 is 0 Å². The van der Waals surface area contributed by atoms with Crippen LogP contribution in [0, 0.1) is 10.1 Å². The van der Waals surface area contributed by atoms with Crippen molar-refractivity contribution in [3.05, 3.63) is 64.7 Å². The van der Waals surface area contributed by atoms with E-state index in [1.165, 1.54) is 25.3 Å². The summed E-state index contributed by atoms with van der Waals surface area (Å²) in [7, 11) is 1.38. The highest BCUT2D eigenvalue weighted by Crippen LogP contribution is 2.29. The fraction of sp³-hybridized carbons (Fsp3) is 0.0667. The lowest BCUT2D eigenvalue weighted by Gasteiger charge is -2.10. The average molecular weight is 312 g/mol. The lowest BCUT2D eigenvalue weighted by Crippen LogP contribution is -2.13. The molecule has 0 spiro atoms. The molecule has 8 heteroatoms. The predicted molar refractivity (Wildman–Crippen MR) is 82.8 cm³/mol. The van der Waals surface area contributed by atoms with Crippen LogP contribution in [0.1, 0.15) is 10.4 Å². The minimum absolute atomic E-state index is 0.111. The number of ether oxygens (including phenoxy) is 1. The summed E-state index contributed by atoms with van der Waals surface area (Å²) < 4.78 is 6.88. The molecule has 0 saturated carbocycles. The van der Waals surface area contributed by atoms with Crippen LogP contribution in [0.15, 0.2) is 49.1 Å². The van der Waals surface area contributed by atoms with E-state index in [2.05, 4.69) is 10.3 Å². The fourth-order valence-electron chi connectivity index (χ4n) is 2.15. The highest BCUT2D eigenvalue weighted by atomic mass is 16.6. The Bertz CT molecular complexity index is 903. The molecule has 0 saturated heterocycles. The van der Waals surface area contributed by atoms with Crippen molar-refractivity contribution in [2.24, 2.45) is 0 Å². The van der Waals surface area contributed by atoms with Gasteiger partial charge in [0.25, 0.3) is 11.6 Å². The number of aromatic nitrogens is 2. The Balaban J connectivity index is 1.88. The second kappa shape index (κ2) is 5.76. The molecule has 1 N–H and O–H groups in total. The Hall–Kier alpha value is -3.42. The molecule has 116 valence electrons. The van der Waals surface area contributed by atoms with Gasteiger partial charge in [0.15, 0.2) is 0 Å². The van der Waals surface area contributed by atoms with Crippen LogP contribution < -0.4 is 10.1 Å². The Morgan fingerprint density at radius 2 is 2.17 bits per heavy atom. The summed E-state index contributed by atoms with van der Waals surface area (Å²) >= 11 is 0. The number of anilines is 1. The van der Waals surface area contributed by atoms with E-state index < -0.39 is 4.92 Å². The average Bonchev–Trinajstić information content (AvgIpc) is 3.02. The first-order valence-electron chi connectivity index (χ1n) is 6.64. The first kappa shape index (κ1) is 14.5. The number of amides is 1. The first-order chi connectivity index (χ1) is 11.1. The molecule has 2 aromatic heterocycles. The number of pyridine rings is 1. The lowest BCUT2D eigenvalue weighted by atomic mass is 10.2. The van der Waals surface area contributed by atoms with Gasteiger partial charge in [0.1, 0.15) is 5.75 Å². The minimum atomic E-state index is -0.526. The second-order valence-corrected chi connectivity index (χ2v) is 4.74. The zero-order chi connectivity index (χ0) is 16.4. The quantitative estimate of drug-likeness (QED) is 0.589. The summed E-state index contributed by atoms with van der Waals surface area (Å²) in [6, 6.07) is 7.35. The molecule has 0 radical (unpaired) electrons. The highest BCUT2D eigenvalue weighted by Gasteiger charge is 2.14. The number of imidazole rings is 1. The minimum Gasteiger partial charge on any atom is -0.494 e. The van der Waals surface area contributed by atoms with E-state index in [0.29, 0.717) is 11.3 Å². The summed E-state index contributed by atoms with van der Waals surface area (Å²) in [5, 5.41) is 13.5. The summed E-state index contributed by atoms with van der Waals surface area (Å²) in [4.78, 5) is 26.6. The predicted octanol–water partition coefficient (Wildman–Crippen LogP) is 2.50. The number of benzene rings is 1. The van der Waals surface area contributed by atoms with Crippen LogP contribution in [-0.2, 0) is 0 Å². The third kappa shape index (κ3) is 2.82. The monoisotopic (exact) mass is 312 g/mol. The van der Waals surface area contributed by atoms with Crippen LogP contribution in [0.5, 0.6) is 5.75 Å². The maximum Gasteiger partial charge on any atom is 0.273 e. The van der Waals surface area contributed by atoms with Gasteiger partial charge in [-0.25, -0.2) is 4.98 Å². The normalized spacial score (nSPS) is 10.5. The van der Waals surface area contributed by atoms with Crippen molar-refractivity contribution in [2.45, 2.75) is 0 Å². The number of fused-ring (bicyclic) bond motifs is 1. The number of nitrogens with one attached hydrogen (secondary N) is 1. The highest BCUT2D eigenvalue weighted by molar-refractivity contribution is 6.05. The van der Waals surface area contributed by atoms with Crippen LogP contribution in [-0.4, -0.2) is 27.3 Å². The molecule has 23 heavy (non-hydrogen) atoms. The molecule has 3 rings (SSSR count). The molecular formula is C15H12N4O4. The van der Waals surface area contributed by atoms with Gasteiger partial charge in [-0.1, -0.05) is 0 Å². The van der Waals surface area contributed by atoms with Crippen LogP contribution in [0.25, 0.3) is 5.52 Å². The number of nitrogens with zero attached hydrogens (tertiary/aromatic N) is 3. The van der Waals surface area contributed by atoms with Crippen molar-refractivity contribution in [1.82, 2.24) is 9.38 Å². The molecule has 3 aromatic rings. The van der Waals surface area contributed by atoms with Crippen molar-refractivity contribution in [3.8, 4) is 5.75 Å². The summed E-state index contributed by atoms with van der Waals surface area (Å²) in [6.07, 6.45) is 5.00. The topological polar surface area (TPSA) is 98.8 Å². The number of nitro groups is 1. The summed E-state index contributed by atoms with van der Waals surface area (Å²) in [6.45, 7) is 0. The van der Waals surface area contributed by atoms with Gasteiger partial charge in [-0.2, -0.15) is 0 Å². The van der Waals surface area contributed by atoms with E-state index >= 15 is 0 Å². The summed E-state index contributed by atoms with van der Waals surface area (Å²) in [5.74, 6) is -0.126. The zero-order valence-corrected chi connectivity index (χ0v) is 12.1. The van der Waals surface area contributed by atoms with Gasteiger partial charge in [-0.15, -0.1) is 0 Å². The molecule has 0 unspecified atom stereocenters. The number of hydrogen-bond acceptors (Lipinski definition) is 5. The second-order valence-electron chi connectivity index (χ2n) is 4.74. The number of rotatable bonds is 4. The molecule has 0 aliphatic carbocycles. The molecule has 1 amide bonds. The van der Waals surface area contributed by atoms with E-state index in [0.717, 1.165) is 5.52 Å². The van der Waals surface area contributed by atoms with Crippen molar-refractivity contribution in [3.63, 3.8) is 0 Å². The van der Waals surface area contributed by atoms with E-state index in [-0.39, 0.29) is 17.3 Å². The maximum atomic E-state index is 12.3. The zero-order valence-electron chi connectivity index (χ0n) is 12.1. The Morgan fingerprint density at radius 3 is 2.91 bits per heavy atom. The van der Waals surface area contributed by atoms with Gasteiger partial charge in [0.05, 0.1) is 41.8 Å². The van der Waals surface area contributed by atoms with Crippen molar-refractivity contribution >= 4 is 22.8 Å². The van der Waals surface area contributed by atoms with Gasteiger partial charge in [0.2, 0.25) is 0 Å². The van der Waals surface area contributed by atoms with Gasteiger partial charge in [0, 0.05) is 17.8 Å². The molecule has 0 aliphatic rings. The molecule has 0 atom stereocenters. The molecule has 2 heterocycles. The van der Waals surface area contributed by atoms with Crippen LogP contribution in [0.2, 0.25) is 0 Å². The van der Waals surface area contributed by atoms with Crippen LogP contribution in [0.4, 0.5) is 11.4 Å². The standard InChI is InChI=1S/C15H12N4O4/c1-23-14-7-11(19(21)22)2-3-13(14)17-15(20)10-4-5-18-9-16-8-12(18)6-10/h2-9H,1H3,(H,17,20). The smallest absolute Gasteiger partial charge is 0.273 e. The number of nitro benzene ring substituents is 1. The largest absolute Gasteiger partial charge is 0.494 e. The van der Waals surface area contributed by atoms with Gasteiger partial charge < -0.3 is 14.5 Å². The maximum absolute atomic E-state index is 12.3. The molecule has 0 aliphatic heterocycles. The van der Waals surface area contributed by atoms with E-state index in [1.54, 1.807) is 35.3 Å². The van der Waals surface area contributed by atoms with E-state index in [9.17, 15) is 14.9 Å². The third-order valence-electron chi connectivity index (χ3n) is 3.32. The number of carbonyl (C=O) groups is 1. The number of non-ortho nitro benzene ring substituents is 1. The Labute approximate surface area is 130 Å². The van der Waals surface area contributed by atoms with Crippen molar-refractivity contribution in [1.29, 1.82) is 0 Å². The molecule has 0 bridgehead atoms. The number of carbonyl (C=O) groups excluding carboxylic acids is 1. The third-order valence-corrected chi connectivity index (χ3v) is 3.32. The van der Waals surface area contributed by atoms with Crippen molar-refractivity contribution < 1.29 is 14.5 Å². The lowest BCUT2D eigenvalue weighted by molar-refractivity contribution is -0.384. The molecule has 8 nitrogen and oxygen atoms in total. The SMILES string of the molecule is COc1cc([N+](=O)[O-])ccc1NC(=O)c1ccn2cncc2c1. The summed E-state index contributed by atoms with van der Waals surface area (Å²) in [5.41, 5.74) is 1.48. The van der Waals surface area contributed by atoms with Gasteiger partial charge in [-0.05, 0) is 18.2 Å². The molecular weight excluding hydrogens is 300 g/mol. The van der Waals surface area contributed by atoms with Gasteiger partial charge in [-0.3, -0.25) is 14.9 Å². The van der Waals surface area contributed by atoms with Crippen LogP contribution in [0.3, 0.4) is 0 Å². The molecule has 1 aromatic carbocycles. The Kier molecular flexibility index (Phi) is 3.63. The van der Waals surface area contributed by atoms with E-state index in [1.807, 2.05) is 0 Å². The van der Waals surface area contributed by atoms with Gasteiger partial charge >= 0.3 is 0 Å². The Morgan fingerprint density at radius 1 is 1.35 bits per heavy atom. The number of methoxy groups -OCH3 is 1. The fourth-order valence-corrected chi connectivity index (χ4v) is 2.15. The molecule has 0 fully saturated rings. The first-order valence-corrected chi connectivity index (χ1v) is 6.64. The van der Waals surface area contributed by atoms with Crippen molar-refractivity contribution in [2.75, 3.05) is 12.4 Å².